The van der Waals surface area contributed by atoms with Gasteiger partial charge in [-0.05, 0) is 48.0 Å². The fourth-order valence-electron chi connectivity index (χ4n) is 1.68. The first-order valence-electron chi connectivity index (χ1n) is 6.16. The summed E-state index contributed by atoms with van der Waals surface area (Å²) in [6, 6.07) is 12.2. The third-order valence-corrected chi connectivity index (χ3v) is 3.26. The van der Waals surface area contributed by atoms with E-state index >= 15 is 0 Å². The molecular formula is C16H13Cl2NO2. The van der Waals surface area contributed by atoms with Crippen LogP contribution in [0.4, 0.5) is 5.69 Å². The number of halogens is 2. The molecule has 0 radical (unpaired) electrons. The van der Waals surface area contributed by atoms with Crippen LogP contribution in [-0.4, -0.2) is 13.0 Å². The van der Waals surface area contributed by atoms with Gasteiger partial charge in [0.25, 0.3) is 0 Å². The normalized spacial score (nSPS) is 10.6. The Morgan fingerprint density at radius 1 is 1.14 bits per heavy atom. The van der Waals surface area contributed by atoms with E-state index < -0.39 is 0 Å². The lowest BCUT2D eigenvalue weighted by Crippen LogP contribution is -2.07. The third-order valence-electron chi connectivity index (χ3n) is 2.71. The summed E-state index contributed by atoms with van der Waals surface area (Å²) < 4.78 is 5.07. The van der Waals surface area contributed by atoms with Crippen molar-refractivity contribution in [1.29, 1.82) is 0 Å². The van der Waals surface area contributed by atoms with Crippen LogP contribution >= 0.6 is 23.2 Å². The molecule has 5 heteroatoms. The van der Waals surface area contributed by atoms with Crippen LogP contribution in [0.1, 0.15) is 5.56 Å². The molecule has 1 amide bonds. The minimum absolute atomic E-state index is 0.232. The van der Waals surface area contributed by atoms with Crippen molar-refractivity contribution in [2.45, 2.75) is 0 Å². The molecular weight excluding hydrogens is 309 g/mol. The number of hydrogen-bond acceptors (Lipinski definition) is 2. The smallest absolute Gasteiger partial charge is 0.248 e. The molecule has 0 saturated heterocycles. The summed E-state index contributed by atoms with van der Waals surface area (Å²) >= 11 is 11.8. The summed E-state index contributed by atoms with van der Waals surface area (Å²) in [5, 5.41) is 3.85. The van der Waals surface area contributed by atoms with E-state index in [-0.39, 0.29) is 5.91 Å². The summed E-state index contributed by atoms with van der Waals surface area (Å²) in [5.41, 5.74) is 1.49. The second-order valence-corrected chi connectivity index (χ2v) is 5.07. The van der Waals surface area contributed by atoms with E-state index in [2.05, 4.69) is 5.32 Å². The predicted molar refractivity (Wildman–Crippen MR) is 87.1 cm³/mol. The quantitative estimate of drug-likeness (QED) is 0.832. The lowest BCUT2D eigenvalue weighted by Gasteiger charge is -2.03. The van der Waals surface area contributed by atoms with Crippen LogP contribution in [0.25, 0.3) is 6.08 Å². The third kappa shape index (κ3) is 4.52. The monoisotopic (exact) mass is 321 g/mol. The average molecular weight is 322 g/mol. The maximum Gasteiger partial charge on any atom is 0.248 e. The molecule has 0 fully saturated rings. The Morgan fingerprint density at radius 3 is 2.48 bits per heavy atom. The van der Waals surface area contributed by atoms with Gasteiger partial charge in [-0.1, -0.05) is 29.3 Å². The molecule has 0 spiro atoms. The fourth-order valence-corrected chi connectivity index (χ4v) is 2.07. The van der Waals surface area contributed by atoms with Crippen LogP contribution in [0.5, 0.6) is 5.75 Å². The molecule has 21 heavy (non-hydrogen) atoms. The maximum absolute atomic E-state index is 11.8. The number of amides is 1. The molecule has 0 heterocycles. The number of carbonyl (C=O) groups excluding carboxylic acids is 1. The number of hydrogen-bond donors (Lipinski definition) is 1. The molecule has 0 aromatic heterocycles. The number of ether oxygens (including phenoxy) is 1. The standard InChI is InChI=1S/C16H13Cl2NO2/c1-21-15-8-2-11(10-14(15)18)3-9-16(20)19-13-6-4-12(17)5-7-13/h2-10H,1H3,(H,19,20)/b9-3+. The maximum atomic E-state index is 11.8. The number of rotatable bonds is 4. The van der Waals surface area contributed by atoms with Gasteiger partial charge in [-0.15, -0.1) is 0 Å². The predicted octanol–water partition coefficient (Wildman–Crippen LogP) is 4.65. The van der Waals surface area contributed by atoms with Crippen molar-refractivity contribution in [3.8, 4) is 5.75 Å². The number of methoxy groups -OCH3 is 1. The minimum Gasteiger partial charge on any atom is -0.495 e. The zero-order valence-electron chi connectivity index (χ0n) is 11.3. The lowest BCUT2D eigenvalue weighted by molar-refractivity contribution is -0.111. The van der Waals surface area contributed by atoms with E-state index in [0.29, 0.717) is 21.5 Å². The number of anilines is 1. The largest absolute Gasteiger partial charge is 0.495 e. The van der Waals surface area contributed by atoms with E-state index in [4.69, 9.17) is 27.9 Å². The molecule has 2 aromatic carbocycles. The van der Waals surface area contributed by atoms with E-state index in [1.807, 2.05) is 6.07 Å². The van der Waals surface area contributed by atoms with Gasteiger partial charge in [-0.3, -0.25) is 4.79 Å². The molecule has 3 nitrogen and oxygen atoms in total. The molecule has 2 rings (SSSR count). The summed E-state index contributed by atoms with van der Waals surface area (Å²) in [6.07, 6.45) is 3.11. The van der Waals surface area contributed by atoms with Crippen LogP contribution in [-0.2, 0) is 4.79 Å². The van der Waals surface area contributed by atoms with Crippen LogP contribution < -0.4 is 10.1 Å². The highest BCUT2D eigenvalue weighted by Crippen LogP contribution is 2.25. The number of carbonyl (C=O) groups is 1. The van der Waals surface area contributed by atoms with Crippen molar-refractivity contribution in [1.82, 2.24) is 0 Å². The molecule has 108 valence electrons. The summed E-state index contributed by atoms with van der Waals surface area (Å²) in [5.74, 6) is 0.365. The Labute approximate surface area is 133 Å². The van der Waals surface area contributed by atoms with Crippen molar-refractivity contribution in [3.63, 3.8) is 0 Å². The molecule has 0 aliphatic rings. The summed E-state index contributed by atoms with van der Waals surface area (Å²) in [6.45, 7) is 0. The SMILES string of the molecule is COc1ccc(/C=C/C(=O)Nc2ccc(Cl)cc2)cc1Cl. The first-order chi connectivity index (χ1) is 10.1. The number of benzene rings is 2. The topological polar surface area (TPSA) is 38.3 Å². The van der Waals surface area contributed by atoms with Gasteiger partial charge in [0.2, 0.25) is 5.91 Å². The molecule has 0 aliphatic heterocycles. The summed E-state index contributed by atoms with van der Waals surface area (Å²) in [7, 11) is 1.55. The molecule has 2 aromatic rings. The average Bonchev–Trinajstić information content (AvgIpc) is 2.48. The minimum atomic E-state index is -0.232. The van der Waals surface area contributed by atoms with Crippen LogP contribution in [0, 0.1) is 0 Å². The number of nitrogens with one attached hydrogen (secondary N) is 1. The van der Waals surface area contributed by atoms with Crippen LogP contribution in [0.2, 0.25) is 10.0 Å². The Bertz CT molecular complexity index is 666. The van der Waals surface area contributed by atoms with Gasteiger partial charge in [-0.25, -0.2) is 0 Å². The summed E-state index contributed by atoms with van der Waals surface area (Å²) in [4.78, 5) is 11.8. The van der Waals surface area contributed by atoms with Gasteiger partial charge in [0.15, 0.2) is 0 Å². The highest BCUT2D eigenvalue weighted by atomic mass is 35.5. The highest BCUT2D eigenvalue weighted by Gasteiger charge is 2.01. The van der Waals surface area contributed by atoms with E-state index in [9.17, 15) is 4.79 Å². The molecule has 1 N–H and O–H groups in total. The van der Waals surface area contributed by atoms with Gasteiger partial charge >= 0.3 is 0 Å². The Balaban J connectivity index is 2.01. The lowest BCUT2D eigenvalue weighted by atomic mass is 10.2. The Morgan fingerprint density at radius 2 is 1.86 bits per heavy atom. The highest BCUT2D eigenvalue weighted by molar-refractivity contribution is 6.32. The molecule has 0 aliphatic carbocycles. The van der Waals surface area contributed by atoms with Crippen molar-refractivity contribution in [2.75, 3.05) is 12.4 Å². The van der Waals surface area contributed by atoms with Gasteiger partial charge < -0.3 is 10.1 Å². The van der Waals surface area contributed by atoms with Gasteiger partial charge in [0.05, 0.1) is 12.1 Å². The second-order valence-electron chi connectivity index (χ2n) is 4.22. The van der Waals surface area contributed by atoms with Gasteiger partial charge in [-0.2, -0.15) is 0 Å². The zero-order chi connectivity index (χ0) is 15.2. The van der Waals surface area contributed by atoms with E-state index in [1.165, 1.54) is 6.08 Å². The van der Waals surface area contributed by atoms with Crippen molar-refractivity contribution in [2.24, 2.45) is 0 Å². The van der Waals surface area contributed by atoms with Gasteiger partial charge in [0.1, 0.15) is 5.75 Å². The van der Waals surface area contributed by atoms with Crippen molar-refractivity contribution < 1.29 is 9.53 Å². The van der Waals surface area contributed by atoms with Crippen LogP contribution in [0.3, 0.4) is 0 Å². The van der Waals surface area contributed by atoms with Crippen LogP contribution in [0.15, 0.2) is 48.5 Å². The second kappa shape index (κ2) is 7.16. The fraction of sp³-hybridized carbons (Fsp3) is 0.0625. The zero-order valence-corrected chi connectivity index (χ0v) is 12.8. The first kappa shape index (κ1) is 15.4. The van der Waals surface area contributed by atoms with Crippen molar-refractivity contribution >= 4 is 40.9 Å². The Kier molecular flexibility index (Phi) is 5.26. The molecule has 0 saturated carbocycles. The van der Waals surface area contributed by atoms with Crippen molar-refractivity contribution in [3.05, 3.63) is 64.1 Å². The Hall–Kier alpha value is -1.97. The van der Waals surface area contributed by atoms with E-state index in [1.54, 1.807) is 49.6 Å². The van der Waals surface area contributed by atoms with E-state index in [0.717, 1.165) is 5.56 Å². The molecule has 0 unspecified atom stereocenters. The van der Waals surface area contributed by atoms with Gasteiger partial charge in [0, 0.05) is 16.8 Å². The molecule has 0 atom stereocenters. The first-order valence-corrected chi connectivity index (χ1v) is 6.92. The molecule has 0 bridgehead atoms.